The average Bonchev–Trinajstić information content (AvgIpc) is 2.97. The Morgan fingerprint density at radius 1 is 1.10 bits per heavy atom. The lowest BCUT2D eigenvalue weighted by Gasteiger charge is -2.44. The van der Waals surface area contributed by atoms with E-state index in [1.54, 1.807) is 18.2 Å². The summed E-state index contributed by atoms with van der Waals surface area (Å²) in [6.45, 7) is 3.50. The molecule has 0 bridgehead atoms. The van der Waals surface area contributed by atoms with Gasteiger partial charge >= 0.3 is 0 Å². The van der Waals surface area contributed by atoms with Crippen molar-refractivity contribution < 1.29 is 18.4 Å². The third-order valence-corrected chi connectivity index (χ3v) is 5.66. The second-order valence-corrected chi connectivity index (χ2v) is 7.43. The van der Waals surface area contributed by atoms with Crippen molar-refractivity contribution >= 4 is 23.2 Å². The Balaban J connectivity index is 1.65. The van der Waals surface area contributed by atoms with Gasteiger partial charge in [-0.25, -0.2) is 8.78 Å². The Morgan fingerprint density at radius 2 is 1.93 bits per heavy atom. The van der Waals surface area contributed by atoms with E-state index in [-0.39, 0.29) is 17.8 Å². The molecule has 2 aromatic rings. The zero-order valence-corrected chi connectivity index (χ0v) is 16.3. The number of fused-ring (bicyclic) bond motifs is 2. The topological polar surface area (TPSA) is 52.7 Å². The number of benzene rings is 2. The van der Waals surface area contributed by atoms with E-state index in [0.717, 1.165) is 56.6 Å². The summed E-state index contributed by atoms with van der Waals surface area (Å²) in [7, 11) is 0. The van der Waals surface area contributed by atoms with Gasteiger partial charge < -0.3 is 15.1 Å². The van der Waals surface area contributed by atoms with Gasteiger partial charge in [0.25, 0.3) is 11.8 Å². The average molecular weight is 399 g/mol. The molecule has 0 radical (unpaired) electrons. The number of rotatable bonds is 3. The second kappa shape index (κ2) is 7.81. The number of nitrogens with zero attached hydrogens (tertiary/aromatic N) is 2. The molecule has 0 saturated carbocycles. The molecule has 0 aliphatic carbocycles. The SMILES string of the molecule is CCN1c2cc(C(=O)Nc3ccc(F)c(F)c3)ccc2C(=O)N2CCCCC[C@H]21. The molecule has 5 nitrogen and oxygen atoms in total. The highest BCUT2D eigenvalue weighted by molar-refractivity contribution is 6.08. The molecule has 0 spiro atoms. The van der Waals surface area contributed by atoms with E-state index in [0.29, 0.717) is 11.1 Å². The monoisotopic (exact) mass is 399 g/mol. The zero-order valence-electron chi connectivity index (χ0n) is 16.3. The van der Waals surface area contributed by atoms with Crippen LogP contribution in [-0.2, 0) is 0 Å². The van der Waals surface area contributed by atoms with Crippen LogP contribution in [0.15, 0.2) is 36.4 Å². The van der Waals surface area contributed by atoms with Crippen LogP contribution >= 0.6 is 0 Å². The van der Waals surface area contributed by atoms with E-state index >= 15 is 0 Å². The first kappa shape index (κ1) is 19.4. The number of hydrogen-bond acceptors (Lipinski definition) is 3. The fraction of sp³-hybridized carbons (Fsp3) is 0.364. The molecule has 1 saturated heterocycles. The van der Waals surface area contributed by atoms with Gasteiger partial charge in [0.15, 0.2) is 11.6 Å². The van der Waals surface area contributed by atoms with E-state index in [2.05, 4.69) is 10.2 Å². The quantitative estimate of drug-likeness (QED) is 0.832. The number of hydrogen-bond donors (Lipinski definition) is 1. The number of carbonyl (C=O) groups excluding carboxylic acids is 2. The maximum absolute atomic E-state index is 13.4. The van der Waals surface area contributed by atoms with Gasteiger partial charge in [0.2, 0.25) is 0 Å². The van der Waals surface area contributed by atoms with Crippen molar-refractivity contribution in [3.8, 4) is 0 Å². The fourth-order valence-corrected chi connectivity index (χ4v) is 4.22. The van der Waals surface area contributed by atoms with Crippen LogP contribution in [-0.4, -0.2) is 36.0 Å². The number of carbonyl (C=O) groups is 2. The lowest BCUT2D eigenvalue weighted by atomic mass is 10.0. The smallest absolute Gasteiger partial charge is 0.257 e. The van der Waals surface area contributed by atoms with Gasteiger partial charge in [-0.15, -0.1) is 0 Å². The summed E-state index contributed by atoms with van der Waals surface area (Å²) < 4.78 is 26.5. The van der Waals surface area contributed by atoms with Gasteiger partial charge in [0.1, 0.15) is 6.17 Å². The van der Waals surface area contributed by atoms with Crippen LogP contribution in [0.5, 0.6) is 0 Å². The lowest BCUT2D eigenvalue weighted by Crippen LogP contribution is -2.55. The van der Waals surface area contributed by atoms with Crippen LogP contribution in [0.1, 0.15) is 53.3 Å². The molecule has 2 aliphatic heterocycles. The molecule has 152 valence electrons. The summed E-state index contributed by atoms with van der Waals surface area (Å²) in [5, 5.41) is 2.58. The minimum atomic E-state index is -1.02. The van der Waals surface area contributed by atoms with Crippen molar-refractivity contribution in [1.82, 2.24) is 4.90 Å². The Morgan fingerprint density at radius 3 is 2.69 bits per heavy atom. The predicted octanol–water partition coefficient (Wildman–Crippen LogP) is 4.40. The van der Waals surface area contributed by atoms with E-state index in [4.69, 9.17) is 0 Å². The first-order valence-electron chi connectivity index (χ1n) is 9.97. The minimum Gasteiger partial charge on any atom is -0.351 e. The highest BCUT2D eigenvalue weighted by Crippen LogP contribution is 2.35. The molecule has 4 rings (SSSR count). The van der Waals surface area contributed by atoms with E-state index in [1.807, 2.05) is 11.8 Å². The Bertz CT molecular complexity index is 963. The number of anilines is 2. The summed E-state index contributed by atoms with van der Waals surface area (Å²) in [5.41, 5.74) is 1.87. The summed E-state index contributed by atoms with van der Waals surface area (Å²) >= 11 is 0. The van der Waals surface area contributed by atoms with Crippen molar-refractivity contribution in [2.75, 3.05) is 23.3 Å². The van der Waals surface area contributed by atoms with Gasteiger partial charge in [0.05, 0.1) is 11.3 Å². The largest absolute Gasteiger partial charge is 0.351 e. The Kier molecular flexibility index (Phi) is 5.22. The van der Waals surface area contributed by atoms with Crippen molar-refractivity contribution in [3.63, 3.8) is 0 Å². The molecule has 2 amide bonds. The van der Waals surface area contributed by atoms with Crippen molar-refractivity contribution in [2.24, 2.45) is 0 Å². The molecular weight excluding hydrogens is 376 g/mol. The zero-order chi connectivity index (χ0) is 20.5. The molecule has 1 fully saturated rings. The molecular formula is C22H23F2N3O2. The lowest BCUT2D eigenvalue weighted by molar-refractivity contribution is 0.0656. The van der Waals surface area contributed by atoms with Crippen LogP contribution < -0.4 is 10.2 Å². The first-order chi connectivity index (χ1) is 14.0. The Hall–Kier alpha value is -2.96. The second-order valence-electron chi connectivity index (χ2n) is 7.43. The molecule has 2 aliphatic rings. The van der Waals surface area contributed by atoms with E-state index in [9.17, 15) is 18.4 Å². The van der Waals surface area contributed by atoms with Gasteiger partial charge in [-0.05, 0) is 56.5 Å². The standard InChI is InChI=1S/C22H23F2N3O2/c1-2-26-19-12-14(21(28)25-15-8-10-17(23)18(24)13-15)7-9-16(19)22(29)27-11-5-3-4-6-20(26)27/h7-10,12-13,20H,2-6,11H2,1H3,(H,25,28)/t20-/m0/s1. The highest BCUT2D eigenvalue weighted by Gasteiger charge is 2.37. The molecule has 0 unspecified atom stereocenters. The first-order valence-corrected chi connectivity index (χ1v) is 9.97. The van der Waals surface area contributed by atoms with Crippen LogP contribution in [0.3, 0.4) is 0 Å². The highest BCUT2D eigenvalue weighted by atomic mass is 19.2. The predicted molar refractivity (Wildman–Crippen MR) is 107 cm³/mol. The number of halogens is 2. The van der Waals surface area contributed by atoms with Crippen LogP contribution in [0.25, 0.3) is 0 Å². The third kappa shape index (κ3) is 3.57. The minimum absolute atomic E-state index is 0.00386. The van der Waals surface area contributed by atoms with Crippen LogP contribution in [0.2, 0.25) is 0 Å². The summed E-state index contributed by atoms with van der Waals surface area (Å²) in [6.07, 6.45) is 4.09. The van der Waals surface area contributed by atoms with Gasteiger partial charge in [0, 0.05) is 30.4 Å². The van der Waals surface area contributed by atoms with Crippen molar-refractivity contribution in [3.05, 3.63) is 59.2 Å². The maximum atomic E-state index is 13.4. The molecule has 1 N–H and O–H groups in total. The molecule has 7 heteroatoms. The maximum Gasteiger partial charge on any atom is 0.257 e. The van der Waals surface area contributed by atoms with Gasteiger partial charge in [-0.3, -0.25) is 9.59 Å². The molecule has 0 aromatic heterocycles. The molecule has 2 heterocycles. The Labute approximate surface area is 168 Å². The molecule has 2 aromatic carbocycles. The summed E-state index contributed by atoms with van der Waals surface area (Å²) in [5.74, 6) is -2.43. The third-order valence-electron chi connectivity index (χ3n) is 5.66. The molecule has 1 atom stereocenters. The van der Waals surface area contributed by atoms with Crippen molar-refractivity contribution in [1.29, 1.82) is 0 Å². The fourth-order valence-electron chi connectivity index (χ4n) is 4.22. The van der Waals surface area contributed by atoms with Gasteiger partial charge in [-0.1, -0.05) is 6.42 Å². The molecule has 29 heavy (non-hydrogen) atoms. The van der Waals surface area contributed by atoms with Crippen molar-refractivity contribution in [2.45, 2.75) is 38.8 Å². The summed E-state index contributed by atoms with van der Waals surface area (Å²) in [4.78, 5) is 29.8. The number of amides is 2. The number of nitrogens with one attached hydrogen (secondary N) is 1. The van der Waals surface area contributed by atoms with E-state index in [1.165, 1.54) is 6.07 Å². The van der Waals surface area contributed by atoms with Crippen LogP contribution in [0, 0.1) is 11.6 Å². The van der Waals surface area contributed by atoms with Crippen LogP contribution in [0.4, 0.5) is 20.2 Å². The normalized spacial score (nSPS) is 18.7. The van der Waals surface area contributed by atoms with Gasteiger partial charge in [-0.2, -0.15) is 0 Å². The van der Waals surface area contributed by atoms with E-state index < -0.39 is 17.5 Å². The summed E-state index contributed by atoms with van der Waals surface area (Å²) in [6, 6.07) is 8.21.